The van der Waals surface area contributed by atoms with E-state index in [1.165, 1.54) is 12.7 Å². The standard InChI is InChI=1S/C23H15N7O2/c24-10-15-9-17(32-11-16-6-5-14-3-1-2-4-19(14)28-16)7-8-18(15)20-21(30-23(31)29-20)22-26-12-25-13-27-22/h1-9,12-13H,11H2,(H2,29,30,31). The van der Waals surface area contributed by atoms with Crippen LogP contribution < -0.4 is 10.4 Å². The van der Waals surface area contributed by atoms with Crippen LogP contribution >= 0.6 is 0 Å². The molecule has 0 amide bonds. The molecular formula is C23H15N7O2. The molecule has 2 N–H and O–H groups in total. The number of nitriles is 1. The number of nitrogens with zero attached hydrogens (tertiary/aromatic N) is 5. The van der Waals surface area contributed by atoms with Gasteiger partial charge in [-0.15, -0.1) is 0 Å². The van der Waals surface area contributed by atoms with Crippen LogP contribution in [0.4, 0.5) is 0 Å². The number of para-hydroxylation sites is 1. The second kappa shape index (κ2) is 8.12. The number of imidazole rings is 1. The van der Waals surface area contributed by atoms with Gasteiger partial charge in [-0.3, -0.25) is 0 Å². The molecule has 9 heteroatoms. The van der Waals surface area contributed by atoms with Gasteiger partial charge in [0.1, 0.15) is 30.7 Å². The first-order valence-corrected chi connectivity index (χ1v) is 9.68. The zero-order valence-electron chi connectivity index (χ0n) is 16.6. The molecule has 5 aromatic rings. The van der Waals surface area contributed by atoms with E-state index < -0.39 is 5.69 Å². The fourth-order valence-corrected chi connectivity index (χ4v) is 3.39. The molecule has 0 unspecified atom stereocenters. The molecule has 0 spiro atoms. The van der Waals surface area contributed by atoms with Gasteiger partial charge in [-0.25, -0.2) is 24.7 Å². The van der Waals surface area contributed by atoms with Gasteiger partial charge in [0, 0.05) is 10.9 Å². The minimum atomic E-state index is -0.429. The van der Waals surface area contributed by atoms with E-state index in [1.807, 2.05) is 36.4 Å². The molecule has 154 valence electrons. The Bertz CT molecular complexity index is 1520. The van der Waals surface area contributed by atoms with Crippen molar-refractivity contribution in [1.29, 1.82) is 5.26 Å². The number of fused-ring (bicyclic) bond motifs is 1. The van der Waals surface area contributed by atoms with E-state index in [9.17, 15) is 10.1 Å². The van der Waals surface area contributed by atoms with E-state index in [4.69, 9.17) is 4.74 Å². The van der Waals surface area contributed by atoms with Gasteiger partial charge in [-0.1, -0.05) is 24.3 Å². The first kappa shape index (κ1) is 19.1. The highest BCUT2D eigenvalue weighted by Gasteiger charge is 2.17. The molecule has 0 aliphatic carbocycles. The maximum Gasteiger partial charge on any atom is 0.323 e. The highest BCUT2D eigenvalue weighted by atomic mass is 16.5. The van der Waals surface area contributed by atoms with E-state index in [0.717, 1.165) is 16.6 Å². The predicted molar refractivity (Wildman–Crippen MR) is 116 cm³/mol. The third-order valence-electron chi connectivity index (χ3n) is 4.87. The summed E-state index contributed by atoms with van der Waals surface area (Å²) in [5.74, 6) is 0.805. The van der Waals surface area contributed by atoms with E-state index in [2.05, 4.69) is 36.0 Å². The summed E-state index contributed by atoms with van der Waals surface area (Å²) in [6.07, 6.45) is 2.67. The van der Waals surface area contributed by atoms with Crippen molar-refractivity contribution in [3.05, 3.63) is 89.0 Å². The molecule has 0 bridgehead atoms. The number of rotatable bonds is 5. The summed E-state index contributed by atoms with van der Waals surface area (Å²) in [4.78, 5) is 33.9. The number of H-pyrrole nitrogens is 2. The van der Waals surface area contributed by atoms with Crippen LogP contribution in [0.25, 0.3) is 33.7 Å². The van der Waals surface area contributed by atoms with Gasteiger partial charge in [0.05, 0.1) is 28.5 Å². The molecule has 3 aromatic heterocycles. The lowest BCUT2D eigenvalue weighted by atomic mass is 10.0. The Morgan fingerprint density at radius 3 is 2.62 bits per heavy atom. The highest BCUT2D eigenvalue weighted by Crippen LogP contribution is 2.30. The van der Waals surface area contributed by atoms with Gasteiger partial charge in [-0.05, 0) is 30.3 Å². The number of nitrogens with one attached hydrogen (secondary N) is 2. The summed E-state index contributed by atoms with van der Waals surface area (Å²) in [5, 5.41) is 10.8. The Morgan fingerprint density at radius 1 is 0.969 bits per heavy atom. The Kier molecular flexibility index (Phi) is 4.86. The minimum absolute atomic E-state index is 0.256. The molecule has 0 fully saturated rings. The van der Waals surface area contributed by atoms with Gasteiger partial charge in [0.25, 0.3) is 0 Å². The van der Waals surface area contributed by atoms with Gasteiger partial charge in [-0.2, -0.15) is 5.26 Å². The monoisotopic (exact) mass is 421 g/mol. The zero-order chi connectivity index (χ0) is 21.9. The molecule has 0 saturated heterocycles. The number of ether oxygens (including phenoxy) is 1. The SMILES string of the molecule is N#Cc1cc(OCc2ccc3ccccc3n2)ccc1-c1[nH]c(=O)[nH]c1-c1ncncn1. The molecule has 2 aromatic carbocycles. The van der Waals surface area contributed by atoms with Gasteiger partial charge >= 0.3 is 5.69 Å². The van der Waals surface area contributed by atoms with Crippen LogP contribution in [0.5, 0.6) is 5.75 Å². The van der Waals surface area contributed by atoms with Crippen molar-refractivity contribution >= 4 is 10.9 Å². The molecule has 0 atom stereocenters. The van der Waals surface area contributed by atoms with E-state index in [1.54, 1.807) is 18.2 Å². The summed E-state index contributed by atoms with van der Waals surface area (Å²) in [7, 11) is 0. The summed E-state index contributed by atoms with van der Waals surface area (Å²) in [5.41, 5.74) is 2.89. The number of benzene rings is 2. The van der Waals surface area contributed by atoms with Crippen molar-refractivity contribution in [2.45, 2.75) is 6.61 Å². The van der Waals surface area contributed by atoms with Crippen molar-refractivity contribution in [3.63, 3.8) is 0 Å². The predicted octanol–water partition coefficient (Wildman–Crippen LogP) is 3.22. The summed E-state index contributed by atoms with van der Waals surface area (Å²) in [6.45, 7) is 0.256. The van der Waals surface area contributed by atoms with Crippen LogP contribution in [0.2, 0.25) is 0 Å². The van der Waals surface area contributed by atoms with Crippen LogP contribution in [0.3, 0.4) is 0 Å². The number of pyridine rings is 1. The largest absolute Gasteiger partial charge is 0.487 e. The molecule has 0 aliphatic heterocycles. The number of hydrogen-bond acceptors (Lipinski definition) is 7. The van der Waals surface area contributed by atoms with Crippen LogP contribution in [-0.4, -0.2) is 29.9 Å². The lowest BCUT2D eigenvalue weighted by Gasteiger charge is -2.10. The number of aromatic amines is 2. The maximum absolute atomic E-state index is 12.0. The summed E-state index contributed by atoms with van der Waals surface area (Å²) < 4.78 is 5.87. The van der Waals surface area contributed by atoms with E-state index in [0.29, 0.717) is 34.1 Å². The lowest BCUT2D eigenvalue weighted by Crippen LogP contribution is -2.01. The zero-order valence-corrected chi connectivity index (χ0v) is 16.6. The molecular weight excluding hydrogens is 406 g/mol. The second-order valence-electron chi connectivity index (χ2n) is 6.89. The molecule has 0 aliphatic rings. The first-order valence-electron chi connectivity index (χ1n) is 9.68. The Hall–Kier alpha value is -4.84. The van der Waals surface area contributed by atoms with Crippen LogP contribution in [0.1, 0.15) is 11.3 Å². The summed E-state index contributed by atoms with van der Waals surface area (Å²) in [6, 6.07) is 19.0. The van der Waals surface area contributed by atoms with Crippen molar-refractivity contribution in [2.75, 3.05) is 0 Å². The fraction of sp³-hybridized carbons (Fsp3) is 0.0435. The molecule has 0 radical (unpaired) electrons. The smallest absolute Gasteiger partial charge is 0.323 e. The maximum atomic E-state index is 12.0. The average molecular weight is 421 g/mol. The third-order valence-corrected chi connectivity index (χ3v) is 4.87. The Morgan fingerprint density at radius 2 is 1.78 bits per heavy atom. The van der Waals surface area contributed by atoms with E-state index in [-0.39, 0.29) is 6.61 Å². The number of hydrogen-bond donors (Lipinski definition) is 2. The molecule has 9 nitrogen and oxygen atoms in total. The molecule has 5 rings (SSSR count). The average Bonchev–Trinajstić information content (AvgIpc) is 3.24. The Labute approximate surface area is 181 Å². The normalized spacial score (nSPS) is 10.7. The first-order chi connectivity index (χ1) is 15.7. The van der Waals surface area contributed by atoms with E-state index >= 15 is 0 Å². The van der Waals surface area contributed by atoms with Crippen molar-refractivity contribution < 1.29 is 4.74 Å². The Balaban J connectivity index is 1.44. The summed E-state index contributed by atoms with van der Waals surface area (Å²) >= 11 is 0. The van der Waals surface area contributed by atoms with Gasteiger partial charge in [0.2, 0.25) is 0 Å². The molecule has 0 saturated carbocycles. The fourth-order valence-electron chi connectivity index (χ4n) is 3.39. The van der Waals surface area contributed by atoms with Crippen molar-refractivity contribution in [1.82, 2.24) is 29.9 Å². The lowest BCUT2D eigenvalue weighted by molar-refractivity contribution is 0.302. The van der Waals surface area contributed by atoms with Crippen molar-refractivity contribution in [2.24, 2.45) is 0 Å². The highest BCUT2D eigenvalue weighted by molar-refractivity contribution is 5.79. The van der Waals surface area contributed by atoms with Crippen LogP contribution in [-0.2, 0) is 6.61 Å². The second-order valence-corrected chi connectivity index (χ2v) is 6.89. The third kappa shape index (κ3) is 3.68. The van der Waals surface area contributed by atoms with Gasteiger partial charge < -0.3 is 14.7 Å². The topological polar surface area (TPSA) is 133 Å². The van der Waals surface area contributed by atoms with Crippen molar-refractivity contribution in [3.8, 4) is 34.6 Å². The van der Waals surface area contributed by atoms with Crippen LogP contribution in [0, 0.1) is 11.3 Å². The van der Waals surface area contributed by atoms with Gasteiger partial charge in [0.15, 0.2) is 5.82 Å². The minimum Gasteiger partial charge on any atom is -0.487 e. The molecule has 3 heterocycles. The quantitative estimate of drug-likeness (QED) is 0.445. The molecule has 32 heavy (non-hydrogen) atoms. The van der Waals surface area contributed by atoms with Crippen LogP contribution in [0.15, 0.2) is 72.0 Å². The number of aromatic nitrogens is 6.